The third-order valence-electron chi connectivity index (χ3n) is 4.54. The molecule has 1 aromatic heterocycles. The van der Waals surface area contributed by atoms with Crippen LogP contribution >= 0.6 is 0 Å². The Labute approximate surface area is 166 Å². The molecule has 7 heteroatoms. The molecule has 0 bridgehead atoms. The van der Waals surface area contributed by atoms with Gasteiger partial charge in [-0.15, -0.1) is 0 Å². The molecule has 1 atom stereocenters. The SMILES string of the molecule is CN=C(NCc1ccnc(OC)c1)NCc1ccc(C)cc1OC1CCOC1. The second kappa shape index (κ2) is 9.94. The van der Waals surface area contributed by atoms with Crippen molar-refractivity contribution in [3.8, 4) is 11.6 Å². The Morgan fingerprint density at radius 1 is 1.25 bits per heavy atom. The lowest BCUT2D eigenvalue weighted by molar-refractivity contribution is 0.140. The minimum absolute atomic E-state index is 0.125. The van der Waals surface area contributed by atoms with E-state index in [-0.39, 0.29) is 6.10 Å². The van der Waals surface area contributed by atoms with Gasteiger partial charge in [0, 0.05) is 44.4 Å². The van der Waals surface area contributed by atoms with E-state index in [0.29, 0.717) is 31.5 Å². The Morgan fingerprint density at radius 3 is 2.86 bits per heavy atom. The summed E-state index contributed by atoms with van der Waals surface area (Å²) in [6.07, 6.45) is 2.79. The van der Waals surface area contributed by atoms with Gasteiger partial charge in [-0.1, -0.05) is 12.1 Å². The zero-order valence-electron chi connectivity index (χ0n) is 16.7. The first-order chi connectivity index (χ1) is 13.7. The van der Waals surface area contributed by atoms with E-state index in [1.54, 1.807) is 20.4 Å². The van der Waals surface area contributed by atoms with Gasteiger partial charge in [0.05, 0.1) is 20.3 Å². The number of ether oxygens (including phenoxy) is 3. The van der Waals surface area contributed by atoms with Crippen molar-refractivity contribution in [2.45, 2.75) is 32.5 Å². The molecule has 0 saturated carbocycles. The average molecular weight is 384 g/mol. The molecular weight excluding hydrogens is 356 g/mol. The molecule has 1 fully saturated rings. The predicted octanol–water partition coefficient (Wildman–Crippen LogP) is 2.43. The van der Waals surface area contributed by atoms with Crippen LogP contribution in [0.5, 0.6) is 11.6 Å². The highest BCUT2D eigenvalue weighted by Gasteiger charge is 2.18. The van der Waals surface area contributed by atoms with Crippen LogP contribution in [0.4, 0.5) is 0 Å². The summed E-state index contributed by atoms with van der Waals surface area (Å²) in [5.41, 5.74) is 3.33. The van der Waals surface area contributed by atoms with Gasteiger partial charge in [0.15, 0.2) is 5.96 Å². The zero-order chi connectivity index (χ0) is 19.8. The molecule has 2 heterocycles. The Balaban J connectivity index is 1.58. The maximum atomic E-state index is 6.16. The highest BCUT2D eigenvalue weighted by molar-refractivity contribution is 5.79. The van der Waals surface area contributed by atoms with E-state index in [1.807, 2.05) is 12.1 Å². The van der Waals surface area contributed by atoms with Gasteiger partial charge in [-0.25, -0.2) is 4.98 Å². The molecule has 2 aromatic rings. The monoisotopic (exact) mass is 384 g/mol. The van der Waals surface area contributed by atoms with Gasteiger partial charge in [0.1, 0.15) is 11.9 Å². The standard InChI is InChI=1S/C21H28N4O3/c1-15-4-5-17(19(10-15)28-18-7-9-27-14-18)13-25-21(22-2)24-12-16-6-8-23-20(11-16)26-3/h4-6,8,10-11,18H,7,9,12-14H2,1-3H3,(H2,22,24,25). The molecular formula is C21H28N4O3. The average Bonchev–Trinajstić information content (AvgIpc) is 3.22. The molecule has 1 unspecified atom stereocenters. The lowest BCUT2D eigenvalue weighted by atomic mass is 10.1. The molecule has 0 aliphatic carbocycles. The molecule has 1 aromatic carbocycles. The summed E-state index contributed by atoms with van der Waals surface area (Å²) in [5.74, 6) is 2.21. The van der Waals surface area contributed by atoms with E-state index < -0.39 is 0 Å². The minimum atomic E-state index is 0.125. The minimum Gasteiger partial charge on any atom is -0.488 e. The number of nitrogens with one attached hydrogen (secondary N) is 2. The molecule has 1 aliphatic heterocycles. The number of nitrogens with zero attached hydrogens (tertiary/aromatic N) is 2. The van der Waals surface area contributed by atoms with Crippen molar-refractivity contribution in [2.24, 2.45) is 4.99 Å². The summed E-state index contributed by atoms with van der Waals surface area (Å²) in [6.45, 7) is 4.72. The second-order valence-corrected chi connectivity index (χ2v) is 6.70. The van der Waals surface area contributed by atoms with E-state index in [4.69, 9.17) is 14.2 Å². The fourth-order valence-electron chi connectivity index (χ4n) is 2.96. The Hall–Kier alpha value is -2.80. The molecule has 28 heavy (non-hydrogen) atoms. The van der Waals surface area contributed by atoms with Crippen molar-refractivity contribution in [3.05, 3.63) is 53.2 Å². The Kier molecular flexibility index (Phi) is 7.08. The molecule has 1 saturated heterocycles. The molecule has 0 amide bonds. The van der Waals surface area contributed by atoms with E-state index in [0.717, 1.165) is 29.9 Å². The first kappa shape index (κ1) is 19.9. The van der Waals surface area contributed by atoms with Gasteiger partial charge in [0.25, 0.3) is 0 Å². The Bertz CT molecular complexity index is 804. The largest absolute Gasteiger partial charge is 0.488 e. The van der Waals surface area contributed by atoms with E-state index in [2.05, 4.69) is 45.7 Å². The number of aryl methyl sites for hydroxylation is 1. The van der Waals surface area contributed by atoms with Crippen molar-refractivity contribution in [3.63, 3.8) is 0 Å². The zero-order valence-corrected chi connectivity index (χ0v) is 16.7. The highest BCUT2D eigenvalue weighted by atomic mass is 16.5. The maximum Gasteiger partial charge on any atom is 0.213 e. The van der Waals surface area contributed by atoms with Gasteiger partial charge in [-0.3, -0.25) is 4.99 Å². The molecule has 150 valence electrons. The van der Waals surface area contributed by atoms with Crippen LogP contribution in [-0.2, 0) is 17.8 Å². The van der Waals surface area contributed by atoms with E-state index >= 15 is 0 Å². The van der Waals surface area contributed by atoms with Crippen LogP contribution in [0, 0.1) is 6.92 Å². The third-order valence-corrected chi connectivity index (χ3v) is 4.54. The first-order valence-corrected chi connectivity index (χ1v) is 9.45. The summed E-state index contributed by atoms with van der Waals surface area (Å²) >= 11 is 0. The quantitative estimate of drug-likeness (QED) is 0.564. The number of guanidine groups is 1. The lowest BCUT2D eigenvalue weighted by Gasteiger charge is -2.18. The van der Waals surface area contributed by atoms with Crippen LogP contribution in [0.15, 0.2) is 41.5 Å². The third kappa shape index (κ3) is 5.60. The topological polar surface area (TPSA) is 77.0 Å². The summed E-state index contributed by atoms with van der Waals surface area (Å²) in [7, 11) is 3.36. The van der Waals surface area contributed by atoms with Crippen LogP contribution in [0.3, 0.4) is 0 Å². The summed E-state index contributed by atoms with van der Waals surface area (Å²) in [4.78, 5) is 8.42. The number of rotatable bonds is 7. The Morgan fingerprint density at radius 2 is 2.11 bits per heavy atom. The maximum absolute atomic E-state index is 6.16. The number of aromatic nitrogens is 1. The van der Waals surface area contributed by atoms with Gasteiger partial charge < -0.3 is 24.8 Å². The number of pyridine rings is 1. The normalized spacial score (nSPS) is 16.7. The number of hydrogen-bond acceptors (Lipinski definition) is 5. The number of methoxy groups -OCH3 is 1. The van der Waals surface area contributed by atoms with E-state index in [9.17, 15) is 0 Å². The van der Waals surface area contributed by atoms with Crippen molar-refractivity contribution in [2.75, 3.05) is 27.4 Å². The van der Waals surface area contributed by atoms with Gasteiger partial charge in [-0.05, 0) is 30.2 Å². The van der Waals surface area contributed by atoms with Crippen LogP contribution < -0.4 is 20.1 Å². The van der Waals surface area contributed by atoms with Crippen LogP contribution in [-0.4, -0.2) is 44.4 Å². The van der Waals surface area contributed by atoms with E-state index in [1.165, 1.54) is 5.56 Å². The van der Waals surface area contributed by atoms with Gasteiger partial charge in [-0.2, -0.15) is 0 Å². The second-order valence-electron chi connectivity index (χ2n) is 6.70. The molecule has 3 rings (SSSR count). The predicted molar refractivity (Wildman–Crippen MR) is 109 cm³/mol. The van der Waals surface area contributed by atoms with Crippen molar-refractivity contribution in [1.82, 2.24) is 15.6 Å². The summed E-state index contributed by atoms with van der Waals surface area (Å²) in [5, 5.41) is 6.66. The van der Waals surface area contributed by atoms with Gasteiger partial charge in [0.2, 0.25) is 5.88 Å². The molecule has 0 spiro atoms. The number of aliphatic imine (C=N–C) groups is 1. The fourth-order valence-corrected chi connectivity index (χ4v) is 2.96. The summed E-state index contributed by atoms with van der Waals surface area (Å²) in [6, 6.07) is 10.1. The van der Waals surface area contributed by atoms with Crippen molar-refractivity contribution < 1.29 is 14.2 Å². The van der Waals surface area contributed by atoms with Crippen LogP contribution in [0.2, 0.25) is 0 Å². The lowest BCUT2D eigenvalue weighted by Crippen LogP contribution is -2.36. The molecule has 7 nitrogen and oxygen atoms in total. The van der Waals surface area contributed by atoms with Crippen molar-refractivity contribution in [1.29, 1.82) is 0 Å². The molecule has 0 radical (unpaired) electrons. The highest BCUT2D eigenvalue weighted by Crippen LogP contribution is 2.23. The first-order valence-electron chi connectivity index (χ1n) is 9.45. The summed E-state index contributed by atoms with van der Waals surface area (Å²) < 4.78 is 16.7. The number of benzene rings is 1. The molecule has 2 N–H and O–H groups in total. The smallest absolute Gasteiger partial charge is 0.213 e. The van der Waals surface area contributed by atoms with Crippen molar-refractivity contribution >= 4 is 5.96 Å². The molecule has 1 aliphatic rings. The number of hydrogen-bond donors (Lipinski definition) is 2. The fraction of sp³-hybridized carbons (Fsp3) is 0.429. The van der Waals surface area contributed by atoms with Crippen LogP contribution in [0.25, 0.3) is 0 Å². The van der Waals surface area contributed by atoms with Gasteiger partial charge >= 0.3 is 0 Å². The van der Waals surface area contributed by atoms with Crippen LogP contribution in [0.1, 0.15) is 23.1 Å².